The predicted molar refractivity (Wildman–Crippen MR) is 64.0 cm³/mol. The summed E-state index contributed by atoms with van der Waals surface area (Å²) in [6, 6.07) is 6.62. The van der Waals surface area contributed by atoms with Gasteiger partial charge in [-0.3, -0.25) is 0 Å². The molecule has 0 saturated heterocycles. The van der Waals surface area contributed by atoms with E-state index in [1.54, 1.807) is 29.7 Å². The summed E-state index contributed by atoms with van der Waals surface area (Å²) < 4.78 is 13.1. The second-order valence-electron chi connectivity index (χ2n) is 3.62. The van der Waals surface area contributed by atoms with Crippen molar-refractivity contribution < 1.29 is 4.39 Å². The van der Waals surface area contributed by atoms with Gasteiger partial charge in [-0.1, -0.05) is 12.1 Å². The highest BCUT2D eigenvalue weighted by Gasteiger charge is 2.12. The Hall–Kier alpha value is -1.26. The van der Waals surface area contributed by atoms with E-state index < -0.39 is 0 Å². The van der Waals surface area contributed by atoms with Crippen LogP contribution in [0.3, 0.4) is 0 Å². The molecule has 84 valence electrons. The van der Waals surface area contributed by atoms with Crippen LogP contribution in [-0.4, -0.2) is 11.5 Å². The van der Waals surface area contributed by atoms with Crippen molar-refractivity contribution in [2.24, 2.45) is 5.73 Å². The summed E-state index contributed by atoms with van der Waals surface area (Å²) >= 11 is 1.61. The maximum atomic E-state index is 13.1. The first kappa shape index (κ1) is 11.2. The fourth-order valence-corrected chi connectivity index (χ4v) is 2.36. The van der Waals surface area contributed by atoms with Crippen molar-refractivity contribution in [2.45, 2.75) is 12.3 Å². The standard InChI is InChI=1S/C12H13FN2S/c13-11-3-1-2-9(6-11)10(8-14)7-12-15-4-5-16-12/h1-6,10H,7-8,14H2. The number of nitrogens with two attached hydrogens (primary N) is 1. The topological polar surface area (TPSA) is 38.9 Å². The number of aromatic nitrogens is 1. The lowest BCUT2D eigenvalue weighted by molar-refractivity contribution is 0.616. The zero-order chi connectivity index (χ0) is 11.4. The van der Waals surface area contributed by atoms with E-state index in [1.165, 1.54) is 6.07 Å². The molecule has 0 bridgehead atoms. The van der Waals surface area contributed by atoms with Crippen LogP contribution in [0.15, 0.2) is 35.8 Å². The number of benzene rings is 1. The normalized spacial score (nSPS) is 12.6. The van der Waals surface area contributed by atoms with Gasteiger partial charge in [-0.15, -0.1) is 11.3 Å². The molecule has 1 unspecified atom stereocenters. The van der Waals surface area contributed by atoms with Gasteiger partial charge in [0.2, 0.25) is 0 Å². The molecule has 0 amide bonds. The Morgan fingerprint density at radius 1 is 1.44 bits per heavy atom. The molecule has 0 aliphatic rings. The van der Waals surface area contributed by atoms with Crippen molar-refractivity contribution >= 4 is 11.3 Å². The van der Waals surface area contributed by atoms with Gasteiger partial charge in [-0.2, -0.15) is 0 Å². The van der Waals surface area contributed by atoms with Gasteiger partial charge in [-0.05, 0) is 24.2 Å². The van der Waals surface area contributed by atoms with E-state index >= 15 is 0 Å². The van der Waals surface area contributed by atoms with Crippen molar-refractivity contribution in [3.8, 4) is 0 Å². The molecule has 0 aliphatic heterocycles. The average Bonchev–Trinajstić information content (AvgIpc) is 2.78. The molecule has 2 N–H and O–H groups in total. The number of halogens is 1. The minimum absolute atomic E-state index is 0.141. The van der Waals surface area contributed by atoms with Crippen molar-refractivity contribution in [1.29, 1.82) is 0 Å². The Morgan fingerprint density at radius 3 is 2.94 bits per heavy atom. The Morgan fingerprint density at radius 2 is 2.31 bits per heavy atom. The fourth-order valence-electron chi connectivity index (χ4n) is 1.66. The van der Waals surface area contributed by atoms with Gasteiger partial charge < -0.3 is 5.73 Å². The first-order valence-electron chi connectivity index (χ1n) is 5.13. The minimum Gasteiger partial charge on any atom is -0.330 e. The van der Waals surface area contributed by atoms with E-state index in [9.17, 15) is 4.39 Å². The van der Waals surface area contributed by atoms with E-state index in [2.05, 4.69) is 4.98 Å². The molecule has 4 heteroatoms. The molecule has 0 spiro atoms. The Bertz CT molecular complexity index is 442. The third-order valence-corrected chi connectivity index (χ3v) is 3.31. The molecule has 0 aliphatic carbocycles. The molecule has 1 aromatic heterocycles. The number of thiazole rings is 1. The van der Waals surface area contributed by atoms with Crippen LogP contribution in [0.4, 0.5) is 4.39 Å². The highest BCUT2D eigenvalue weighted by molar-refractivity contribution is 7.09. The first-order chi connectivity index (χ1) is 7.79. The lowest BCUT2D eigenvalue weighted by atomic mass is 9.96. The van der Waals surface area contributed by atoms with Crippen LogP contribution in [-0.2, 0) is 6.42 Å². The second kappa shape index (κ2) is 5.18. The lowest BCUT2D eigenvalue weighted by Crippen LogP contribution is -2.15. The van der Waals surface area contributed by atoms with Crippen LogP contribution < -0.4 is 5.73 Å². The molecular formula is C12H13FN2S. The molecule has 1 atom stereocenters. The molecule has 1 aromatic carbocycles. The summed E-state index contributed by atoms with van der Waals surface area (Å²) in [5.74, 6) is -0.0723. The maximum absolute atomic E-state index is 13.1. The van der Waals surface area contributed by atoms with Gasteiger partial charge >= 0.3 is 0 Å². The van der Waals surface area contributed by atoms with Gasteiger partial charge in [0.05, 0.1) is 5.01 Å². The summed E-state index contributed by atoms with van der Waals surface area (Å²) in [5, 5.41) is 2.98. The van der Waals surface area contributed by atoms with Crippen LogP contribution in [0.5, 0.6) is 0 Å². The molecule has 0 fully saturated rings. The smallest absolute Gasteiger partial charge is 0.123 e. The average molecular weight is 236 g/mol. The van der Waals surface area contributed by atoms with Crippen LogP contribution in [0.1, 0.15) is 16.5 Å². The van der Waals surface area contributed by atoms with Gasteiger partial charge in [0, 0.05) is 23.9 Å². The fraction of sp³-hybridized carbons (Fsp3) is 0.250. The van der Waals surface area contributed by atoms with Gasteiger partial charge in [-0.25, -0.2) is 9.37 Å². The van der Waals surface area contributed by atoms with Crippen molar-refractivity contribution in [3.05, 3.63) is 52.2 Å². The summed E-state index contributed by atoms with van der Waals surface area (Å²) in [6.45, 7) is 0.503. The molecule has 16 heavy (non-hydrogen) atoms. The Balaban J connectivity index is 2.16. The van der Waals surface area contributed by atoms with Crippen LogP contribution in [0.2, 0.25) is 0 Å². The number of rotatable bonds is 4. The van der Waals surface area contributed by atoms with Crippen molar-refractivity contribution in [2.75, 3.05) is 6.54 Å². The third-order valence-electron chi connectivity index (χ3n) is 2.51. The highest BCUT2D eigenvalue weighted by atomic mass is 32.1. The summed E-state index contributed by atoms with van der Waals surface area (Å²) in [5.41, 5.74) is 6.67. The molecule has 2 nitrogen and oxygen atoms in total. The van der Waals surface area contributed by atoms with Gasteiger partial charge in [0.1, 0.15) is 5.82 Å². The number of hydrogen-bond donors (Lipinski definition) is 1. The second-order valence-corrected chi connectivity index (χ2v) is 4.60. The molecule has 0 radical (unpaired) electrons. The quantitative estimate of drug-likeness (QED) is 0.886. The van der Waals surface area contributed by atoms with E-state index in [1.807, 2.05) is 11.4 Å². The summed E-state index contributed by atoms with van der Waals surface area (Å²) in [6.07, 6.45) is 2.55. The molecular weight excluding hydrogens is 223 g/mol. The van der Waals surface area contributed by atoms with E-state index in [0.717, 1.165) is 17.0 Å². The maximum Gasteiger partial charge on any atom is 0.123 e. The number of nitrogens with zero attached hydrogens (tertiary/aromatic N) is 1. The minimum atomic E-state index is -0.213. The Labute approximate surface area is 97.9 Å². The van der Waals surface area contributed by atoms with Gasteiger partial charge in [0.25, 0.3) is 0 Å². The molecule has 0 saturated carbocycles. The summed E-state index contributed by atoms with van der Waals surface area (Å²) in [7, 11) is 0. The molecule has 1 heterocycles. The SMILES string of the molecule is NCC(Cc1nccs1)c1cccc(F)c1. The highest BCUT2D eigenvalue weighted by Crippen LogP contribution is 2.21. The van der Waals surface area contributed by atoms with Crippen LogP contribution >= 0.6 is 11.3 Å². The molecule has 2 rings (SSSR count). The van der Waals surface area contributed by atoms with Crippen molar-refractivity contribution in [3.63, 3.8) is 0 Å². The monoisotopic (exact) mass is 236 g/mol. The molecule has 2 aromatic rings. The zero-order valence-electron chi connectivity index (χ0n) is 8.77. The van der Waals surface area contributed by atoms with Gasteiger partial charge in [0.15, 0.2) is 0 Å². The summed E-state index contributed by atoms with van der Waals surface area (Å²) in [4.78, 5) is 4.22. The predicted octanol–water partition coefficient (Wildman–Crippen LogP) is 2.57. The zero-order valence-corrected chi connectivity index (χ0v) is 9.58. The lowest BCUT2D eigenvalue weighted by Gasteiger charge is -2.13. The van der Waals surface area contributed by atoms with Crippen LogP contribution in [0, 0.1) is 5.82 Å². The van der Waals surface area contributed by atoms with E-state index in [-0.39, 0.29) is 11.7 Å². The first-order valence-corrected chi connectivity index (χ1v) is 6.01. The van der Waals surface area contributed by atoms with Crippen LogP contribution in [0.25, 0.3) is 0 Å². The van der Waals surface area contributed by atoms with E-state index in [0.29, 0.717) is 6.54 Å². The Kier molecular flexibility index (Phi) is 3.64. The number of hydrogen-bond acceptors (Lipinski definition) is 3. The van der Waals surface area contributed by atoms with E-state index in [4.69, 9.17) is 5.73 Å². The third kappa shape index (κ3) is 2.65. The van der Waals surface area contributed by atoms with Crippen molar-refractivity contribution in [1.82, 2.24) is 4.98 Å². The largest absolute Gasteiger partial charge is 0.330 e.